The molecule has 0 radical (unpaired) electrons. The highest BCUT2D eigenvalue weighted by Crippen LogP contribution is 2.23. The Morgan fingerprint density at radius 2 is 2.06 bits per heavy atom. The zero-order valence-electron chi connectivity index (χ0n) is 11.3. The van der Waals surface area contributed by atoms with Gasteiger partial charge in [0.2, 0.25) is 0 Å². The summed E-state index contributed by atoms with van der Waals surface area (Å²) in [7, 11) is 1.94. The molecule has 2 unspecified atom stereocenters. The van der Waals surface area contributed by atoms with Crippen molar-refractivity contribution in [1.29, 1.82) is 0 Å². The molecule has 2 N–H and O–H groups in total. The van der Waals surface area contributed by atoms with Crippen LogP contribution in [0.5, 0.6) is 0 Å². The van der Waals surface area contributed by atoms with Crippen LogP contribution in [0.1, 0.15) is 45.0 Å². The molecule has 98 valence electrons. The minimum absolute atomic E-state index is 0.160. The summed E-state index contributed by atoms with van der Waals surface area (Å²) >= 11 is 6.32. The Morgan fingerprint density at radius 3 is 2.53 bits per heavy atom. The lowest BCUT2D eigenvalue weighted by Crippen LogP contribution is -2.31. The fraction of sp³-hybridized carbons (Fsp3) is 0.769. The van der Waals surface area contributed by atoms with Crippen LogP contribution in [-0.2, 0) is 19.9 Å². The van der Waals surface area contributed by atoms with Crippen molar-refractivity contribution in [3.8, 4) is 0 Å². The van der Waals surface area contributed by atoms with Crippen molar-refractivity contribution in [3.05, 3.63) is 16.4 Å². The number of hydrogen-bond acceptors (Lipinski definition) is 2. The van der Waals surface area contributed by atoms with Crippen LogP contribution in [0.2, 0.25) is 5.02 Å². The fourth-order valence-corrected chi connectivity index (χ4v) is 2.51. The molecule has 0 aliphatic heterocycles. The van der Waals surface area contributed by atoms with Crippen molar-refractivity contribution in [2.45, 2.75) is 52.5 Å². The van der Waals surface area contributed by atoms with E-state index in [0.717, 1.165) is 35.7 Å². The summed E-state index contributed by atoms with van der Waals surface area (Å²) in [5.74, 6) is 0.524. The van der Waals surface area contributed by atoms with E-state index >= 15 is 0 Å². The predicted molar refractivity (Wildman–Crippen MR) is 73.3 cm³/mol. The topological polar surface area (TPSA) is 43.8 Å². The third-order valence-corrected chi connectivity index (χ3v) is 3.84. The molecule has 0 saturated carbocycles. The fourth-order valence-electron chi connectivity index (χ4n) is 2.14. The maximum absolute atomic E-state index is 6.32. The zero-order valence-corrected chi connectivity index (χ0v) is 12.1. The minimum Gasteiger partial charge on any atom is -0.327 e. The number of rotatable bonds is 6. The van der Waals surface area contributed by atoms with Crippen LogP contribution in [0.4, 0.5) is 0 Å². The average molecular weight is 258 g/mol. The SMILES string of the molecule is CCCC(C)C(N)Cc1c(Cl)c(CC)nn1C. The van der Waals surface area contributed by atoms with Crippen LogP contribution in [0.3, 0.4) is 0 Å². The molecule has 0 saturated heterocycles. The lowest BCUT2D eigenvalue weighted by molar-refractivity contribution is 0.413. The molecule has 1 heterocycles. The van der Waals surface area contributed by atoms with E-state index in [1.165, 1.54) is 6.42 Å². The third kappa shape index (κ3) is 3.46. The number of nitrogens with zero attached hydrogens (tertiary/aromatic N) is 2. The monoisotopic (exact) mass is 257 g/mol. The van der Waals surface area contributed by atoms with Crippen molar-refractivity contribution in [2.24, 2.45) is 18.7 Å². The zero-order chi connectivity index (χ0) is 13.0. The van der Waals surface area contributed by atoms with Gasteiger partial charge in [-0.3, -0.25) is 4.68 Å². The predicted octanol–water partition coefficient (Wildman–Crippen LogP) is 2.94. The first-order valence-corrected chi connectivity index (χ1v) is 6.84. The minimum atomic E-state index is 0.160. The van der Waals surface area contributed by atoms with Gasteiger partial charge < -0.3 is 5.73 Å². The van der Waals surface area contributed by atoms with Crippen LogP contribution in [0.15, 0.2) is 0 Å². The molecule has 0 aromatic carbocycles. The van der Waals surface area contributed by atoms with E-state index in [1.807, 2.05) is 11.7 Å². The Bertz CT molecular complexity index is 360. The summed E-state index contributed by atoms with van der Waals surface area (Å²) < 4.78 is 1.87. The van der Waals surface area contributed by atoms with Crippen molar-refractivity contribution in [1.82, 2.24) is 9.78 Å². The van der Waals surface area contributed by atoms with Gasteiger partial charge in [-0.05, 0) is 18.8 Å². The third-order valence-electron chi connectivity index (χ3n) is 3.41. The Morgan fingerprint density at radius 1 is 1.41 bits per heavy atom. The van der Waals surface area contributed by atoms with E-state index in [4.69, 9.17) is 17.3 Å². The van der Waals surface area contributed by atoms with Crippen molar-refractivity contribution in [3.63, 3.8) is 0 Å². The Hall–Kier alpha value is -0.540. The molecule has 0 bridgehead atoms. The first-order chi connectivity index (χ1) is 8.01. The summed E-state index contributed by atoms with van der Waals surface area (Å²) in [4.78, 5) is 0. The van der Waals surface area contributed by atoms with Crippen LogP contribution in [0, 0.1) is 5.92 Å². The average Bonchev–Trinajstić information content (AvgIpc) is 2.56. The molecule has 0 fully saturated rings. The van der Waals surface area contributed by atoms with Gasteiger partial charge in [-0.2, -0.15) is 5.10 Å². The van der Waals surface area contributed by atoms with Gasteiger partial charge in [-0.1, -0.05) is 38.8 Å². The van der Waals surface area contributed by atoms with Crippen LogP contribution in [0.25, 0.3) is 0 Å². The van der Waals surface area contributed by atoms with Crippen LogP contribution < -0.4 is 5.73 Å². The Balaban J connectivity index is 2.77. The van der Waals surface area contributed by atoms with Crippen molar-refractivity contribution < 1.29 is 0 Å². The number of aromatic nitrogens is 2. The second-order valence-electron chi connectivity index (χ2n) is 4.82. The molecule has 1 aromatic heterocycles. The summed E-state index contributed by atoms with van der Waals surface area (Å²) in [6.07, 6.45) is 4.02. The number of aryl methyl sites for hydroxylation is 2. The van der Waals surface area contributed by atoms with Crippen molar-refractivity contribution >= 4 is 11.6 Å². The molecule has 1 rings (SSSR count). The van der Waals surface area contributed by atoms with E-state index < -0.39 is 0 Å². The second kappa shape index (κ2) is 6.41. The van der Waals surface area contributed by atoms with Gasteiger partial charge in [0.15, 0.2) is 0 Å². The lowest BCUT2D eigenvalue weighted by Gasteiger charge is -2.19. The lowest BCUT2D eigenvalue weighted by atomic mass is 9.94. The maximum atomic E-state index is 6.32. The van der Waals surface area contributed by atoms with Gasteiger partial charge in [0.05, 0.1) is 16.4 Å². The molecule has 4 heteroatoms. The van der Waals surface area contributed by atoms with Crippen molar-refractivity contribution in [2.75, 3.05) is 0 Å². The molecule has 0 spiro atoms. The van der Waals surface area contributed by atoms with Gasteiger partial charge in [0.1, 0.15) is 0 Å². The molecular weight excluding hydrogens is 234 g/mol. The number of nitrogens with two attached hydrogens (primary N) is 1. The smallest absolute Gasteiger partial charge is 0.0850 e. The number of halogens is 1. The molecular formula is C13H24ClN3. The summed E-state index contributed by atoms with van der Waals surface area (Å²) in [5, 5.41) is 5.22. The molecule has 0 aliphatic carbocycles. The number of hydrogen-bond donors (Lipinski definition) is 1. The Labute approximate surface area is 109 Å². The molecule has 0 amide bonds. The largest absolute Gasteiger partial charge is 0.327 e. The standard InChI is InChI=1S/C13H24ClN3/c1-5-7-9(3)10(15)8-12-13(14)11(6-2)16-17(12)4/h9-10H,5-8,15H2,1-4H3. The molecule has 17 heavy (non-hydrogen) atoms. The first kappa shape index (κ1) is 14.5. The van der Waals surface area contributed by atoms with E-state index in [1.54, 1.807) is 0 Å². The normalized spacial score (nSPS) is 14.9. The van der Waals surface area contributed by atoms with Gasteiger partial charge in [-0.25, -0.2) is 0 Å². The second-order valence-corrected chi connectivity index (χ2v) is 5.20. The van der Waals surface area contributed by atoms with E-state index in [0.29, 0.717) is 5.92 Å². The summed E-state index contributed by atoms with van der Waals surface area (Å²) in [6.45, 7) is 6.46. The van der Waals surface area contributed by atoms with Gasteiger partial charge in [-0.15, -0.1) is 0 Å². The summed E-state index contributed by atoms with van der Waals surface area (Å²) in [6, 6.07) is 0.160. The maximum Gasteiger partial charge on any atom is 0.0850 e. The highest BCUT2D eigenvalue weighted by molar-refractivity contribution is 6.31. The quantitative estimate of drug-likeness (QED) is 0.852. The molecule has 2 atom stereocenters. The summed E-state index contributed by atoms with van der Waals surface area (Å²) in [5.41, 5.74) is 8.26. The first-order valence-electron chi connectivity index (χ1n) is 6.47. The highest BCUT2D eigenvalue weighted by Gasteiger charge is 2.19. The molecule has 0 aliphatic rings. The van der Waals surface area contributed by atoms with Crippen LogP contribution >= 0.6 is 11.6 Å². The van der Waals surface area contributed by atoms with Gasteiger partial charge in [0.25, 0.3) is 0 Å². The van der Waals surface area contributed by atoms with E-state index in [2.05, 4.69) is 25.9 Å². The van der Waals surface area contributed by atoms with Gasteiger partial charge in [0, 0.05) is 19.5 Å². The highest BCUT2D eigenvalue weighted by atomic mass is 35.5. The molecule has 3 nitrogen and oxygen atoms in total. The van der Waals surface area contributed by atoms with E-state index in [-0.39, 0.29) is 6.04 Å². The van der Waals surface area contributed by atoms with Gasteiger partial charge >= 0.3 is 0 Å². The molecule has 1 aromatic rings. The Kier molecular flexibility index (Phi) is 5.47. The van der Waals surface area contributed by atoms with Crippen LogP contribution in [-0.4, -0.2) is 15.8 Å². The van der Waals surface area contributed by atoms with E-state index in [9.17, 15) is 0 Å².